The van der Waals surface area contributed by atoms with Crippen LogP contribution in [0, 0.1) is 17.0 Å². The van der Waals surface area contributed by atoms with Gasteiger partial charge in [-0.15, -0.1) is 0 Å². The van der Waals surface area contributed by atoms with Crippen LogP contribution in [-0.2, 0) is 14.8 Å². The van der Waals surface area contributed by atoms with Gasteiger partial charge in [0.25, 0.3) is 15.7 Å². The van der Waals surface area contributed by atoms with Crippen molar-refractivity contribution in [2.24, 2.45) is 0 Å². The van der Waals surface area contributed by atoms with Crippen molar-refractivity contribution in [3.63, 3.8) is 0 Å². The van der Waals surface area contributed by atoms with Gasteiger partial charge in [0.15, 0.2) is 0 Å². The van der Waals surface area contributed by atoms with Gasteiger partial charge < -0.3 is 4.74 Å². The van der Waals surface area contributed by atoms with Crippen LogP contribution in [0.4, 0.5) is 11.4 Å². The Morgan fingerprint density at radius 3 is 2.75 bits per heavy atom. The second-order valence-corrected chi connectivity index (χ2v) is 7.49. The quantitative estimate of drug-likeness (QED) is 0.379. The summed E-state index contributed by atoms with van der Waals surface area (Å²) >= 11 is 0. The summed E-state index contributed by atoms with van der Waals surface area (Å²) in [5, 5.41) is 15.0. The second-order valence-electron chi connectivity index (χ2n) is 5.84. The summed E-state index contributed by atoms with van der Waals surface area (Å²) in [6.07, 6.45) is 2.81. The van der Waals surface area contributed by atoms with Gasteiger partial charge in [0.05, 0.1) is 33.8 Å². The number of nitro groups is 1. The molecule has 0 fully saturated rings. The second kappa shape index (κ2) is 7.27. The maximum Gasteiger partial charge on any atom is 0.341 e. The van der Waals surface area contributed by atoms with Crippen LogP contribution in [0.25, 0.3) is 5.52 Å². The maximum atomic E-state index is 12.7. The lowest BCUT2D eigenvalue weighted by Gasteiger charge is -2.11. The molecule has 0 aliphatic heterocycles. The SMILES string of the molecule is CCOC(=O)c1cnn2ccc(NS(=O)(=O)c3cc([N+](=O)[O-])ccc3C)cc12. The number of ether oxygens (including phenoxy) is 1. The number of benzene rings is 1. The minimum atomic E-state index is -4.10. The first kappa shape index (κ1) is 19.3. The average molecular weight is 404 g/mol. The van der Waals surface area contributed by atoms with Crippen molar-refractivity contribution >= 4 is 32.9 Å². The highest BCUT2D eigenvalue weighted by Crippen LogP contribution is 2.25. The van der Waals surface area contributed by atoms with E-state index < -0.39 is 20.9 Å². The van der Waals surface area contributed by atoms with Crippen LogP contribution in [0.5, 0.6) is 0 Å². The molecule has 0 atom stereocenters. The van der Waals surface area contributed by atoms with E-state index in [2.05, 4.69) is 9.82 Å². The number of nitrogens with one attached hydrogen (secondary N) is 1. The van der Waals surface area contributed by atoms with Crippen molar-refractivity contribution < 1.29 is 22.9 Å². The molecule has 0 aliphatic carbocycles. The number of pyridine rings is 1. The molecule has 0 aliphatic rings. The van der Waals surface area contributed by atoms with Crippen molar-refractivity contribution in [1.29, 1.82) is 0 Å². The minimum absolute atomic E-state index is 0.171. The summed E-state index contributed by atoms with van der Waals surface area (Å²) in [5.74, 6) is -0.577. The maximum absolute atomic E-state index is 12.7. The Labute approximate surface area is 159 Å². The zero-order chi connectivity index (χ0) is 20.5. The van der Waals surface area contributed by atoms with Crippen LogP contribution in [-0.4, -0.2) is 35.5 Å². The van der Waals surface area contributed by atoms with E-state index in [9.17, 15) is 23.3 Å². The van der Waals surface area contributed by atoms with Gasteiger partial charge in [-0.3, -0.25) is 14.8 Å². The van der Waals surface area contributed by atoms with E-state index in [4.69, 9.17) is 4.74 Å². The fourth-order valence-electron chi connectivity index (χ4n) is 2.61. The van der Waals surface area contributed by atoms with Crippen LogP contribution in [0.1, 0.15) is 22.8 Å². The fraction of sp³-hybridized carbons (Fsp3) is 0.176. The van der Waals surface area contributed by atoms with Gasteiger partial charge in [-0.25, -0.2) is 17.7 Å². The predicted octanol–water partition coefficient (Wildman–Crippen LogP) is 2.53. The molecule has 0 saturated carbocycles. The number of carbonyl (C=O) groups excluding carboxylic acids is 1. The summed E-state index contributed by atoms with van der Waals surface area (Å²) in [6, 6.07) is 6.49. The monoisotopic (exact) mass is 404 g/mol. The number of carbonyl (C=O) groups is 1. The molecule has 3 rings (SSSR count). The van der Waals surface area contributed by atoms with Gasteiger partial charge in [-0.2, -0.15) is 5.10 Å². The molecular formula is C17H16N4O6S. The number of esters is 1. The molecule has 2 aromatic heterocycles. The van der Waals surface area contributed by atoms with Crippen molar-refractivity contribution in [2.75, 3.05) is 11.3 Å². The minimum Gasteiger partial charge on any atom is -0.462 e. The molecule has 146 valence electrons. The predicted molar refractivity (Wildman–Crippen MR) is 99.8 cm³/mol. The molecule has 0 bridgehead atoms. The smallest absolute Gasteiger partial charge is 0.341 e. The number of aryl methyl sites for hydroxylation is 1. The third-order valence-corrected chi connectivity index (χ3v) is 5.46. The molecule has 0 saturated heterocycles. The number of anilines is 1. The van der Waals surface area contributed by atoms with E-state index >= 15 is 0 Å². The van der Waals surface area contributed by atoms with Gasteiger partial charge in [-0.1, -0.05) is 6.07 Å². The lowest BCUT2D eigenvalue weighted by Crippen LogP contribution is -2.15. The molecule has 0 unspecified atom stereocenters. The molecule has 0 amide bonds. The van der Waals surface area contributed by atoms with Gasteiger partial charge in [0.1, 0.15) is 5.56 Å². The van der Waals surface area contributed by atoms with Gasteiger partial charge in [0, 0.05) is 18.3 Å². The van der Waals surface area contributed by atoms with Crippen molar-refractivity contribution in [3.05, 3.63) is 64.0 Å². The number of hydrogen-bond acceptors (Lipinski definition) is 7. The number of non-ortho nitro benzene ring substituents is 1. The molecule has 2 heterocycles. The normalized spacial score (nSPS) is 11.4. The summed E-state index contributed by atoms with van der Waals surface area (Å²) in [7, 11) is -4.10. The van der Waals surface area contributed by atoms with Gasteiger partial charge in [-0.05, 0) is 31.5 Å². The number of nitro benzene ring substituents is 1. The zero-order valence-electron chi connectivity index (χ0n) is 14.9. The van der Waals surface area contributed by atoms with Crippen molar-refractivity contribution in [2.45, 2.75) is 18.7 Å². The van der Waals surface area contributed by atoms with Crippen LogP contribution < -0.4 is 4.72 Å². The largest absolute Gasteiger partial charge is 0.462 e. The van der Waals surface area contributed by atoms with E-state index in [1.165, 1.54) is 48.1 Å². The number of rotatable bonds is 6. The third-order valence-electron chi connectivity index (χ3n) is 3.94. The molecule has 28 heavy (non-hydrogen) atoms. The Balaban J connectivity index is 2.00. The van der Waals surface area contributed by atoms with E-state index in [0.29, 0.717) is 11.1 Å². The topological polar surface area (TPSA) is 133 Å². The molecule has 0 spiro atoms. The number of nitrogens with zero attached hydrogens (tertiary/aromatic N) is 3. The van der Waals surface area contributed by atoms with E-state index in [1.54, 1.807) is 6.92 Å². The first-order chi connectivity index (χ1) is 13.2. The first-order valence-corrected chi connectivity index (χ1v) is 9.63. The van der Waals surface area contributed by atoms with E-state index in [1.807, 2.05) is 0 Å². The lowest BCUT2D eigenvalue weighted by molar-refractivity contribution is -0.385. The summed E-state index contributed by atoms with van der Waals surface area (Å²) < 4.78 is 34.2. The summed E-state index contributed by atoms with van der Waals surface area (Å²) in [4.78, 5) is 22.1. The van der Waals surface area contributed by atoms with Crippen molar-refractivity contribution in [1.82, 2.24) is 9.61 Å². The molecular weight excluding hydrogens is 388 g/mol. The van der Waals surface area contributed by atoms with Crippen LogP contribution in [0.2, 0.25) is 0 Å². The van der Waals surface area contributed by atoms with Crippen LogP contribution in [0.3, 0.4) is 0 Å². The standard InChI is InChI=1S/C17H16N4O6S/c1-3-27-17(22)14-10-18-20-7-6-12(8-15(14)20)19-28(25,26)16-9-13(21(23)24)5-4-11(16)2/h4-10,19H,3H2,1-2H3. The Bertz CT molecular complexity index is 1190. The number of fused-ring (bicyclic) bond motifs is 1. The number of hydrogen-bond donors (Lipinski definition) is 1. The van der Waals surface area contributed by atoms with Crippen LogP contribution >= 0.6 is 0 Å². The fourth-order valence-corrected chi connectivity index (χ4v) is 3.93. The third kappa shape index (κ3) is 3.64. The zero-order valence-corrected chi connectivity index (χ0v) is 15.8. The lowest BCUT2D eigenvalue weighted by atomic mass is 10.2. The Hall–Kier alpha value is -3.47. The highest BCUT2D eigenvalue weighted by atomic mass is 32.2. The van der Waals surface area contributed by atoms with Gasteiger partial charge >= 0.3 is 5.97 Å². The summed E-state index contributed by atoms with van der Waals surface area (Å²) in [5.41, 5.74) is 0.742. The molecule has 3 aromatic rings. The average Bonchev–Trinajstić information content (AvgIpc) is 3.04. The van der Waals surface area contributed by atoms with Crippen LogP contribution in [0.15, 0.2) is 47.6 Å². The molecule has 10 nitrogen and oxygen atoms in total. The van der Waals surface area contributed by atoms with Crippen molar-refractivity contribution in [3.8, 4) is 0 Å². The molecule has 0 radical (unpaired) electrons. The highest BCUT2D eigenvalue weighted by Gasteiger charge is 2.21. The Morgan fingerprint density at radius 1 is 1.32 bits per heavy atom. The number of aromatic nitrogens is 2. The van der Waals surface area contributed by atoms with Gasteiger partial charge in [0.2, 0.25) is 0 Å². The first-order valence-electron chi connectivity index (χ1n) is 8.15. The Morgan fingerprint density at radius 2 is 2.07 bits per heavy atom. The summed E-state index contributed by atoms with van der Waals surface area (Å²) in [6.45, 7) is 3.40. The van der Waals surface area contributed by atoms with E-state index in [-0.39, 0.29) is 28.4 Å². The molecule has 1 N–H and O–H groups in total. The molecule has 11 heteroatoms. The molecule has 1 aromatic carbocycles. The number of sulfonamides is 1. The highest BCUT2D eigenvalue weighted by molar-refractivity contribution is 7.92. The Kier molecular flexibility index (Phi) is 5.01. The van der Waals surface area contributed by atoms with E-state index in [0.717, 1.165) is 6.07 Å².